The summed E-state index contributed by atoms with van der Waals surface area (Å²) in [4.78, 5) is 40.0. The minimum Gasteiger partial charge on any atom is -0.462 e. The van der Waals surface area contributed by atoms with Gasteiger partial charge in [-0.2, -0.15) is 0 Å². The molecule has 1 N–H and O–H groups in total. The molecule has 0 radical (unpaired) electrons. The molecule has 0 atom stereocenters. The lowest BCUT2D eigenvalue weighted by Crippen LogP contribution is -2.21. The molecular formula is C19H15ClFN3O4. The molecule has 0 aliphatic carbocycles. The topological polar surface area (TPSA) is 90.3 Å². The van der Waals surface area contributed by atoms with Crippen LogP contribution in [0.4, 0.5) is 10.1 Å². The van der Waals surface area contributed by atoms with Gasteiger partial charge in [0.15, 0.2) is 11.0 Å². The Bertz CT molecular complexity index is 1140. The van der Waals surface area contributed by atoms with Gasteiger partial charge in [0, 0.05) is 24.5 Å². The van der Waals surface area contributed by atoms with Crippen LogP contribution in [-0.2, 0) is 9.53 Å². The molecule has 0 unspecified atom stereocenters. The lowest BCUT2D eigenvalue weighted by molar-refractivity contribution is -0.114. The number of aromatic nitrogens is 2. The van der Waals surface area contributed by atoms with Crippen molar-refractivity contribution in [1.82, 2.24) is 9.55 Å². The molecule has 7 nitrogen and oxygen atoms in total. The Hall–Kier alpha value is -3.26. The molecule has 3 aromatic rings. The van der Waals surface area contributed by atoms with E-state index in [9.17, 15) is 18.8 Å². The SMILES string of the molecule is CCOC(=O)c1cn(-c2ccc(NC(C)=O)cc2)c2nc(Cl)c(F)cc2c1=O. The number of ether oxygens (including phenoxy) is 1. The lowest BCUT2D eigenvalue weighted by Gasteiger charge is -2.13. The fraction of sp³-hybridized carbons (Fsp3) is 0.158. The molecule has 1 amide bonds. The number of hydrogen-bond acceptors (Lipinski definition) is 5. The molecule has 0 bridgehead atoms. The third-order valence-corrected chi connectivity index (χ3v) is 4.11. The second kappa shape index (κ2) is 7.77. The predicted octanol–water partition coefficient (Wildman–Crippen LogP) is 3.31. The number of benzene rings is 1. The maximum atomic E-state index is 13.9. The van der Waals surface area contributed by atoms with Crippen LogP contribution >= 0.6 is 11.6 Å². The molecular weight excluding hydrogens is 389 g/mol. The quantitative estimate of drug-likeness (QED) is 0.533. The normalized spacial score (nSPS) is 10.7. The van der Waals surface area contributed by atoms with E-state index in [1.807, 2.05) is 0 Å². The molecule has 0 aliphatic heterocycles. The number of pyridine rings is 2. The van der Waals surface area contributed by atoms with Crippen molar-refractivity contribution in [2.45, 2.75) is 13.8 Å². The van der Waals surface area contributed by atoms with Gasteiger partial charge in [-0.15, -0.1) is 0 Å². The standard InChI is InChI=1S/C19H15ClFN3O4/c1-3-28-19(27)14-9-24(12-6-4-11(5-7-12)22-10(2)25)18-13(16(14)26)8-15(21)17(20)23-18/h4-9H,3H2,1-2H3,(H,22,25). The highest BCUT2D eigenvalue weighted by Gasteiger charge is 2.19. The van der Waals surface area contributed by atoms with Crippen LogP contribution in [0.2, 0.25) is 5.15 Å². The molecule has 2 heterocycles. The van der Waals surface area contributed by atoms with E-state index in [1.54, 1.807) is 31.2 Å². The summed E-state index contributed by atoms with van der Waals surface area (Å²) < 4.78 is 20.3. The Morgan fingerprint density at radius 3 is 2.57 bits per heavy atom. The fourth-order valence-electron chi connectivity index (χ4n) is 2.66. The highest BCUT2D eigenvalue weighted by atomic mass is 35.5. The molecule has 28 heavy (non-hydrogen) atoms. The zero-order valence-corrected chi connectivity index (χ0v) is 15.7. The first-order valence-electron chi connectivity index (χ1n) is 8.28. The second-order valence-corrected chi connectivity index (χ2v) is 6.18. The van der Waals surface area contributed by atoms with Gasteiger partial charge in [-0.1, -0.05) is 11.6 Å². The first kappa shape index (κ1) is 19.5. The third kappa shape index (κ3) is 3.72. The van der Waals surface area contributed by atoms with Crippen LogP contribution in [0, 0.1) is 5.82 Å². The lowest BCUT2D eigenvalue weighted by atomic mass is 10.1. The predicted molar refractivity (Wildman–Crippen MR) is 103 cm³/mol. The summed E-state index contributed by atoms with van der Waals surface area (Å²) in [7, 11) is 0. The average molecular weight is 404 g/mol. The number of fused-ring (bicyclic) bond motifs is 1. The van der Waals surface area contributed by atoms with Crippen molar-refractivity contribution < 1.29 is 18.7 Å². The number of halogens is 2. The molecule has 144 valence electrons. The van der Waals surface area contributed by atoms with Crippen LogP contribution in [0.25, 0.3) is 16.7 Å². The highest BCUT2D eigenvalue weighted by molar-refractivity contribution is 6.29. The largest absolute Gasteiger partial charge is 0.462 e. The first-order valence-corrected chi connectivity index (χ1v) is 8.66. The van der Waals surface area contributed by atoms with Crippen LogP contribution in [-0.4, -0.2) is 28.0 Å². The maximum Gasteiger partial charge on any atom is 0.343 e. The van der Waals surface area contributed by atoms with Crippen molar-refractivity contribution in [1.29, 1.82) is 0 Å². The molecule has 2 aromatic heterocycles. The number of rotatable bonds is 4. The molecule has 1 aromatic carbocycles. The number of esters is 1. The molecule has 9 heteroatoms. The summed E-state index contributed by atoms with van der Waals surface area (Å²) in [5.41, 5.74) is 0.187. The first-order chi connectivity index (χ1) is 13.3. The minimum absolute atomic E-state index is 0.0783. The highest BCUT2D eigenvalue weighted by Crippen LogP contribution is 2.22. The van der Waals surface area contributed by atoms with E-state index in [2.05, 4.69) is 10.3 Å². The zero-order valence-electron chi connectivity index (χ0n) is 15.0. The van der Waals surface area contributed by atoms with Crippen LogP contribution < -0.4 is 10.7 Å². The van der Waals surface area contributed by atoms with Crippen LogP contribution in [0.1, 0.15) is 24.2 Å². The second-order valence-electron chi connectivity index (χ2n) is 5.82. The number of amides is 1. The maximum absolute atomic E-state index is 13.9. The monoisotopic (exact) mass is 403 g/mol. The molecule has 0 spiro atoms. The van der Waals surface area contributed by atoms with E-state index in [-0.39, 0.29) is 29.1 Å². The van der Waals surface area contributed by atoms with Crippen LogP contribution in [0.5, 0.6) is 0 Å². The zero-order chi connectivity index (χ0) is 20.4. The minimum atomic E-state index is -0.875. The van der Waals surface area contributed by atoms with Gasteiger partial charge in [0.25, 0.3) is 0 Å². The number of anilines is 1. The van der Waals surface area contributed by atoms with Gasteiger partial charge in [0.2, 0.25) is 11.3 Å². The number of nitrogens with one attached hydrogen (secondary N) is 1. The summed E-state index contributed by atoms with van der Waals surface area (Å²) in [5.74, 6) is -1.93. The van der Waals surface area contributed by atoms with Gasteiger partial charge in [0.05, 0.1) is 12.0 Å². The van der Waals surface area contributed by atoms with Gasteiger partial charge >= 0.3 is 5.97 Å². The Balaban J connectivity index is 2.26. The number of hydrogen-bond donors (Lipinski definition) is 1. The van der Waals surface area contributed by atoms with Gasteiger partial charge in [0.1, 0.15) is 11.2 Å². The van der Waals surface area contributed by atoms with E-state index in [4.69, 9.17) is 16.3 Å². The van der Waals surface area contributed by atoms with Crippen molar-refractivity contribution in [2.75, 3.05) is 11.9 Å². The van der Waals surface area contributed by atoms with E-state index >= 15 is 0 Å². The summed E-state index contributed by atoms with van der Waals surface area (Å²) >= 11 is 5.79. The number of carbonyl (C=O) groups excluding carboxylic acids is 2. The van der Waals surface area contributed by atoms with Crippen molar-refractivity contribution in [3.05, 3.63) is 63.3 Å². The van der Waals surface area contributed by atoms with E-state index in [0.29, 0.717) is 11.4 Å². The van der Waals surface area contributed by atoms with Gasteiger partial charge in [-0.05, 0) is 37.3 Å². The van der Waals surface area contributed by atoms with Gasteiger partial charge < -0.3 is 14.6 Å². The van der Waals surface area contributed by atoms with Crippen molar-refractivity contribution >= 4 is 40.2 Å². The molecule has 0 aliphatic rings. The Kier molecular flexibility index (Phi) is 5.41. The van der Waals surface area contributed by atoms with Crippen molar-refractivity contribution in [3.8, 4) is 5.69 Å². The average Bonchev–Trinajstić information content (AvgIpc) is 2.64. The Labute approximate surface area is 163 Å². The summed E-state index contributed by atoms with van der Waals surface area (Å²) in [6.07, 6.45) is 1.28. The summed E-state index contributed by atoms with van der Waals surface area (Å²) in [6.45, 7) is 3.07. The fourth-order valence-corrected chi connectivity index (χ4v) is 2.80. The number of nitrogens with zero attached hydrogens (tertiary/aromatic N) is 2. The molecule has 0 fully saturated rings. The number of carbonyl (C=O) groups is 2. The molecule has 0 saturated carbocycles. The smallest absolute Gasteiger partial charge is 0.343 e. The van der Waals surface area contributed by atoms with Gasteiger partial charge in [-0.25, -0.2) is 14.2 Å². The van der Waals surface area contributed by atoms with E-state index in [1.165, 1.54) is 17.7 Å². The van der Waals surface area contributed by atoms with E-state index in [0.717, 1.165) is 6.07 Å². The summed E-state index contributed by atoms with van der Waals surface area (Å²) in [5, 5.41) is 2.12. The third-order valence-electron chi connectivity index (χ3n) is 3.85. The molecule has 0 saturated heterocycles. The Morgan fingerprint density at radius 2 is 1.96 bits per heavy atom. The molecule has 3 rings (SSSR count). The van der Waals surface area contributed by atoms with Crippen molar-refractivity contribution in [2.24, 2.45) is 0 Å². The summed E-state index contributed by atoms with van der Waals surface area (Å²) in [6, 6.07) is 7.50. The van der Waals surface area contributed by atoms with Crippen LogP contribution in [0.3, 0.4) is 0 Å². The van der Waals surface area contributed by atoms with Gasteiger partial charge in [-0.3, -0.25) is 9.59 Å². The van der Waals surface area contributed by atoms with E-state index < -0.39 is 22.4 Å². The Morgan fingerprint density at radius 1 is 1.29 bits per heavy atom. The van der Waals surface area contributed by atoms with Crippen molar-refractivity contribution in [3.63, 3.8) is 0 Å². The van der Waals surface area contributed by atoms with Crippen LogP contribution in [0.15, 0.2) is 41.3 Å².